The maximum atomic E-state index is 6.09. The maximum Gasteiger partial charge on any atom is 0.0931 e. The zero-order valence-corrected chi connectivity index (χ0v) is 15.0. The largest absolute Gasteiger partial charge is 0.316 e. The summed E-state index contributed by atoms with van der Waals surface area (Å²) >= 11 is 7.83. The molecule has 0 spiro atoms. The molecule has 0 fully saturated rings. The Hall–Kier alpha value is -0.0500. The van der Waals surface area contributed by atoms with E-state index in [9.17, 15) is 0 Å². The van der Waals surface area contributed by atoms with E-state index < -0.39 is 0 Å². The Morgan fingerprint density at radius 1 is 1.30 bits per heavy atom. The third-order valence-electron chi connectivity index (χ3n) is 4.04. The van der Waals surface area contributed by atoms with Gasteiger partial charge in [0.2, 0.25) is 0 Å². The highest BCUT2D eigenvalue weighted by Crippen LogP contribution is 2.35. The van der Waals surface area contributed by atoms with Crippen molar-refractivity contribution in [3.8, 4) is 0 Å². The van der Waals surface area contributed by atoms with E-state index >= 15 is 0 Å². The van der Waals surface area contributed by atoms with Crippen molar-refractivity contribution in [2.75, 3.05) is 13.1 Å². The van der Waals surface area contributed by atoms with Crippen LogP contribution in [0.1, 0.15) is 58.3 Å². The number of nitrogens with one attached hydrogen (secondary N) is 1. The van der Waals surface area contributed by atoms with Crippen LogP contribution >= 0.6 is 22.9 Å². The van der Waals surface area contributed by atoms with Gasteiger partial charge in [0, 0.05) is 11.4 Å². The average Bonchev–Trinajstić information content (AvgIpc) is 2.80. The lowest BCUT2D eigenvalue weighted by atomic mass is 9.76. The van der Waals surface area contributed by atoms with Gasteiger partial charge < -0.3 is 5.32 Å². The van der Waals surface area contributed by atoms with Gasteiger partial charge in [-0.15, -0.1) is 11.3 Å². The minimum atomic E-state index is 0.388. The van der Waals surface area contributed by atoms with E-state index in [0.29, 0.717) is 11.3 Å². The Balaban J connectivity index is 2.69. The molecule has 1 N–H and O–H groups in total. The third-order valence-corrected chi connectivity index (χ3v) is 5.27. The van der Waals surface area contributed by atoms with Gasteiger partial charge in [0.05, 0.1) is 4.34 Å². The Kier molecular flexibility index (Phi) is 8.16. The summed E-state index contributed by atoms with van der Waals surface area (Å²) in [4.78, 5) is 1.43. The summed E-state index contributed by atoms with van der Waals surface area (Å²) < 4.78 is 0.913. The maximum absolute atomic E-state index is 6.09. The molecular weight excluding hydrogens is 286 g/mol. The van der Waals surface area contributed by atoms with Crippen molar-refractivity contribution in [3.05, 3.63) is 21.3 Å². The van der Waals surface area contributed by atoms with E-state index in [1.165, 1.54) is 30.6 Å². The van der Waals surface area contributed by atoms with Crippen LogP contribution in [-0.2, 0) is 6.42 Å². The predicted molar refractivity (Wildman–Crippen MR) is 93.0 cm³/mol. The van der Waals surface area contributed by atoms with Crippen molar-refractivity contribution in [2.45, 2.75) is 59.8 Å². The first-order chi connectivity index (χ1) is 9.51. The van der Waals surface area contributed by atoms with E-state index in [1.807, 2.05) is 6.07 Å². The summed E-state index contributed by atoms with van der Waals surface area (Å²) in [5.74, 6) is 0.715. The van der Waals surface area contributed by atoms with Gasteiger partial charge in [-0.3, -0.25) is 0 Å². The molecular formula is C17H30ClNS. The van der Waals surface area contributed by atoms with Gasteiger partial charge in [0.1, 0.15) is 0 Å². The molecule has 0 saturated carbocycles. The molecule has 0 aliphatic heterocycles. The number of unbranched alkanes of at least 4 members (excludes halogenated alkanes) is 1. The molecule has 0 aliphatic rings. The normalized spacial score (nSPS) is 14.7. The summed E-state index contributed by atoms with van der Waals surface area (Å²) in [5, 5.41) is 3.68. The number of halogens is 1. The summed E-state index contributed by atoms with van der Waals surface area (Å²) in [6.07, 6.45) is 6.29. The Bertz CT molecular complexity index is 375. The molecule has 0 aliphatic carbocycles. The molecule has 0 saturated heterocycles. The quantitative estimate of drug-likeness (QED) is 0.577. The number of hydrogen-bond donors (Lipinski definition) is 1. The highest BCUT2D eigenvalue weighted by atomic mass is 35.5. The molecule has 20 heavy (non-hydrogen) atoms. The van der Waals surface area contributed by atoms with Crippen LogP contribution < -0.4 is 5.32 Å². The van der Waals surface area contributed by atoms with Crippen LogP contribution in [0, 0.1) is 11.3 Å². The number of hydrogen-bond acceptors (Lipinski definition) is 2. The molecule has 0 amide bonds. The van der Waals surface area contributed by atoms with Crippen LogP contribution in [0.5, 0.6) is 0 Å². The van der Waals surface area contributed by atoms with Crippen molar-refractivity contribution in [2.24, 2.45) is 11.3 Å². The van der Waals surface area contributed by atoms with Gasteiger partial charge in [0.15, 0.2) is 0 Å². The molecule has 3 heteroatoms. The first-order valence-corrected chi connectivity index (χ1v) is 9.15. The lowest BCUT2D eigenvalue weighted by Crippen LogP contribution is -2.37. The van der Waals surface area contributed by atoms with Crippen LogP contribution in [0.15, 0.2) is 12.1 Å². The second-order valence-corrected chi connectivity index (χ2v) is 8.16. The fraction of sp³-hybridized carbons (Fsp3) is 0.765. The standard InChI is InChI=1S/C17H30ClNS/c1-5-7-10-17(6-2,13-19-12-14(3)4)11-15-8-9-16(18)20-15/h8-9,14,19H,5-7,10-13H2,1-4H3. The minimum absolute atomic E-state index is 0.388. The summed E-state index contributed by atoms with van der Waals surface area (Å²) in [6, 6.07) is 4.23. The van der Waals surface area contributed by atoms with Crippen molar-refractivity contribution >= 4 is 22.9 Å². The van der Waals surface area contributed by atoms with Crippen LogP contribution in [0.25, 0.3) is 0 Å². The Morgan fingerprint density at radius 2 is 2.05 bits per heavy atom. The van der Waals surface area contributed by atoms with Crippen molar-refractivity contribution in [1.82, 2.24) is 5.32 Å². The second-order valence-electron chi connectivity index (χ2n) is 6.36. The first kappa shape index (κ1) is 18.0. The SMILES string of the molecule is CCCCC(CC)(CNCC(C)C)Cc1ccc(Cl)s1. The van der Waals surface area contributed by atoms with Crippen molar-refractivity contribution in [1.29, 1.82) is 0 Å². The summed E-state index contributed by atoms with van der Waals surface area (Å²) in [6.45, 7) is 11.4. The summed E-state index contributed by atoms with van der Waals surface area (Å²) in [7, 11) is 0. The van der Waals surface area contributed by atoms with E-state index in [2.05, 4.69) is 39.1 Å². The minimum Gasteiger partial charge on any atom is -0.316 e. The molecule has 1 aromatic rings. The monoisotopic (exact) mass is 315 g/mol. The summed E-state index contributed by atoms with van der Waals surface area (Å²) in [5.41, 5.74) is 0.388. The average molecular weight is 316 g/mol. The van der Waals surface area contributed by atoms with Gasteiger partial charge in [-0.2, -0.15) is 0 Å². The number of thiophene rings is 1. The molecule has 0 aromatic carbocycles. The highest BCUT2D eigenvalue weighted by molar-refractivity contribution is 7.16. The molecule has 1 nitrogen and oxygen atoms in total. The van der Waals surface area contributed by atoms with Crippen LogP contribution in [0.4, 0.5) is 0 Å². The van der Waals surface area contributed by atoms with E-state index in [1.54, 1.807) is 11.3 Å². The second kappa shape index (κ2) is 9.07. The molecule has 0 bridgehead atoms. The van der Waals surface area contributed by atoms with Crippen LogP contribution in [-0.4, -0.2) is 13.1 Å². The van der Waals surface area contributed by atoms with E-state index in [-0.39, 0.29) is 0 Å². The fourth-order valence-electron chi connectivity index (χ4n) is 2.66. The topological polar surface area (TPSA) is 12.0 Å². The molecule has 1 aromatic heterocycles. The Morgan fingerprint density at radius 3 is 2.55 bits per heavy atom. The molecule has 1 atom stereocenters. The lowest BCUT2D eigenvalue weighted by molar-refractivity contribution is 0.227. The van der Waals surface area contributed by atoms with E-state index in [0.717, 1.165) is 23.8 Å². The van der Waals surface area contributed by atoms with Gasteiger partial charge in [-0.25, -0.2) is 0 Å². The van der Waals surface area contributed by atoms with E-state index in [4.69, 9.17) is 11.6 Å². The molecule has 1 unspecified atom stereocenters. The smallest absolute Gasteiger partial charge is 0.0931 e. The number of rotatable bonds is 10. The molecule has 1 rings (SSSR count). The van der Waals surface area contributed by atoms with Gasteiger partial charge in [0.25, 0.3) is 0 Å². The zero-order chi connectivity index (χ0) is 15.0. The molecule has 0 radical (unpaired) electrons. The molecule has 116 valence electrons. The lowest BCUT2D eigenvalue weighted by Gasteiger charge is -2.33. The predicted octanol–water partition coefficient (Wildman–Crippen LogP) is 5.78. The van der Waals surface area contributed by atoms with Crippen LogP contribution in [0.2, 0.25) is 4.34 Å². The van der Waals surface area contributed by atoms with Crippen molar-refractivity contribution < 1.29 is 0 Å². The van der Waals surface area contributed by atoms with Crippen molar-refractivity contribution in [3.63, 3.8) is 0 Å². The fourth-order valence-corrected chi connectivity index (χ4v) is 3.92. The van der Waals surface area contributed by atoms with Crippen LogP contribution in [0.3, 0.4) is 0 Å². The first-order valence-electron chi connectivity index (χ1n) is 7.96. The highest BCUT2D eigenvalue weighted by Gasteiger charge is 2.28. The Labute approximate surface area is 134 Å². The molecule has 1 heterocycles. The third kappa shape index (κ3) is 6.15. The van der Waals surface area contributed by atoms with Gasteiger partial charge in [-0.05, 0) is 49.3 Å². The zero-order valence-electron chi connectivity index (χ0n) is 13.5. The van der Waals surface area contributed by atoms with Gasteiger partial charge >= 0.3 is 0 Å². The van der Waals surface area contributed by atoms with Gasteiger partial charge in [-0.1, -0.05) is 52.1 Å².